The second-order valence-corrected chi connectivity index (χ2v) is 5.90. The van der Waals surface area contributed by atoms with Gasteiger partial charge in [0.2, 0.25) is 11.8 Å². The average Bonchev–Trinajstić information content (AvgIpc) is 2.43. The smallest absolute Gasteiger partial charge is 0.326 e. The monoisotopic (exact) mass is 299 g/mol. The van der Waals surface area contributed by atoms with E-state index in [4.69, 9.17) is 16.6 Å². The van der Waals surface area contributed by atoms with E-state index in [0.717, 1.165) is 32.1 Å². The third-order valence-electron chi connectivity index (χ3n) is 4.20. The first-order valence-electron chi connectivity index (χ1n) is 7.39. The van der Waals surface area contributed by atoms with Crippen molar-refractivity contribution >= 4 is 17.8 Å². The number of carbonyl (C=O) groups is 3. The lowest BCUT2D eigenvalue weighted by Crippen LogP contribution is -2.45. The highest BCUT2D eigenvalue weighted by Crippen LogP contribution is 2.38. The Morgan fingerprint density at radius 2 is 1.81 bits per heavy atom. The standard InChI is InChI=1S/C14H25N3O4/c15-9-14(6-2-1-3-7-14)8-12(19)17-10(13(20)21)4-5-11(16)18/h10H,1-9,15H2,(H2,16,18)(H,17,19)(H,20,21)/t10-/m1/s1. The van der Waals surface area contributed by atoms with Gasteiger partial charge in [0.05, 0.1) is 0 Å². The molecule has 2 amide bonds. The van der Waals surface area contributed by atoms with Crippen LogP contribution in [-0.2, 0) is 14.4 Å². The van der Waals surface area contributed by atoms with Gasteiger partial charge in [0.25, 0.3) is 0 Å². The molecule has 1 saturated carbocycles. The summed E-state index contributed by atoms with van der Waals surface area (Å²) in [6, 6.07) is -1.08. The van der Waals surface area contributed by atoms with Crippen LogP contribution in [-0.4, -0.2) is 35.5 Å². The van der Waals surface area contributed by atoms with Gasteiger partial charge in [-0.15, -0.1) is 0 Å². The van der Waals surface area contributed by atoms with Crippen molar-refractivity contribution < 1.29 is 19.5 Å². The highest BCUT2D eigenvalue weighted by atomic mass is 16.4. The van der Waals surface area contributed by atoms with Crippen molar-refractivity contribution in [2.45, 2.75) is 57.4 Å². The first-order valence-corrected chi connectivity index (χ1v) is 7.39. The van der Waals surface area contributed by atoms with Gasteiger partial charge in [-0.1, -0.05) is 19.3 Å². The summed E-state index contributed by atoms with van der Waals surface area (Å²) < 4.78 is 0. The Balaban J connectivity index is 2.56. The molecular weight excluding hydrogens is 274 g/mol. The van der Waals surface area contributed by atoms with Crippen molar-refractivity contribution in [1.29, 1.82) is 0 Å². The van der Waals surface area contributed by atoms with Crippen LogP contribution < -0.4 is 16.8 Å². The normalized spacial score (nSPS) is 18.7. The molecule has 7 nitrogen and oxygen atoms in total. The maximum Gasteiger partial charge on any atom is 0.326 e. The van der Waals surface area contributed by atoms with Gasteiger partial charge >= 0.3 is 5.97 Å². The molecule has 7 heteroatoms. The molecule has 0 aromatic carbocycles. The fourth-order valence-corrected chi connectivity index (χ4v) is 2.88. The summed E-state index contributed by atoms with van der Waals surface area (Å²) in [6.45, 7) is 0.430. The fourth-order valence-electron chi connectivity index (χ4n) is 2.88. The third kappa shape index (κ3) is 5.71. The van der Waals surface area contributed by atoms with Crippen molar-refractivity contribution in [2.24, 2.45) is 16.9 Å². The molecule has 1 aliphatic carbocycles. The van der Waals surface area contributed by atoms with Crippen molar-refractivity contribution in [2.75, 3.05) is 6.54 Å². The molecule has 0 radical (unpaired) electrons. The van der Waals surface area contributed by atoms with E-state index in [-0.39, 0.29) is 30.6 Å². The van der Waals surface area contributed by atoms with Gasteiger partial charge in [0, 0.05) is 12.8 Å². The van der Waals surface area contributed by atoms with Crippen LogP contribution in [0.4, 0.5) is 0 Å². The van der Waals surface area contributed by atoms with E-state index >= 15 is 0 Å². The highest BCUT2D eigenvalue weighted by molar-refractivity contribution is 5.84. The first-order chi connectivity index (χ1) is 9.88. The molecule has 1 fully saturated rings. The number of nitrogens with two attached hydrogens (primary N) is 2. The van der Waals surface area contributed by atoms with Crippen LogP contribution in [0.25, 0.3) is 0 Å². The average molecular weight is 299 g/mol. The number of amides is 2. The maximum absolute atomic E-state index is 12.1. The predicted molar refractivity (Wildman–Crippen MR) is 77.2 cm³/mol. The number of carbonyl (C=O) groups excluding carboxylic acids is 2. The van der Waals surface area contributed by atoms with Crippen LogP contribution in [0, 0.1) is 5.41 Å². The van der Waals surface area contributed by atoms with Gasteiger partial charge in [-0.05, 0) is 31.2 Å². The Kier molecular flexibility index (Phi) is 6.61. The Bertz CT molecular complexity index is 392. The molecule has 1 atom stereocenters. The van der Waals surface area contributed by atoms with Gasteiger partial charge in [-0.2, -0.15) is 0 Å². The van der Waals surface area contributed by atoms with Gasteiger partial charge in [0.1, 0.15) is 6.04 Å². The molecule has 21 heavy (non-hydrogen) atoms. The Labute approximate surface area is 124 Å². The lowest BCUT2D eigenvalue weighted by Gasteiger charge is -2.35. The second-order valence-electron chi connectivity index (χ2n) is 5.90. The van der Waals surface area contributed by atoms with Crippen molar-refractivity contribution in [3.8, 4) is 0 Å². The number of hydrogen-bond donors (Lipinski definition) is 4. The Morgan fingerprint density at radius 3 is 2.29 bits per heavy atom. The van der Waals surface area contributed by atoms with E-state index in [9.17, 15) is 14.4 Å². The van der Waals surface area contributed by atoms with Gasteiger partial charge in [-0.3, -0.25) is 9.59 Å². The number of aliphatic carboxylic acids is 1. The highest BCUT2D eigenvalue weighted by Gasteiger charge is 2.34. The van der Waals surface area contributed by atoms with E-state index < -0.39 is 17.9 Å². The Morgan fingerprint density at radius 1 is 1.19 bits per heavy atom. The SMILES string of the molecule is NCC1(CC(=O)N[C@H](CCC(N)=O)C(=O)O)CCCCC1. The lowest BCUT2D eigenvalue weighted by atomic mass is 9.71. The zero-order valence-corrected chi connectivity index (χ0v) is 12.3. The van der Waals surface area contributed by atoms with Crippen LogP contribution in [0.5, 0.6) is 0 Å². The molecular formula is C14H25N3O4. The maximum atomic E-state index is 12.1. The summed E-state index contributed by atoms with van der Waals surface area (Å²) in [7, 11) is 0. The number of carboxylic acid groups (broad SMARTS) is 1. The van der Waals surface area contributed by atoms with E-state index in [1.807, 2.05) is 0 Å². The quantitative estimate of drug-likeness (QED) is 0.505. The lowest BCUT2D eigenvalue weighted by molar-refractivity contribution is -0.142. The number of hydrogen-bond acceptors (Lipinski definition) is 4. The van der Waals surface area contributed by atoms with E-state index in [1.165, 1.54) is 0 Å². The molecule has 0 aromatic rings. The summed E-state index contributed by atoms with van der Waals surface area (Å²) in [5, 5.41) is 11.5. The summed E-state index contributed by atoms with van der Waals surface area (Å²) in [5.74, 6) is -2.06. The Hall–Kier alpha value is -1.63. The summed E-state index contributed by atoms with van der Waals surface area (Å²) in [6.07, 6.45) is 5.23. The number of nitrogens with one attached hydrogen (secondary N) is 1. The predicted octanol–water partition coefficient (Wildman–Crippen LogP) is 0.121. The molecule has 0 aliphatic heterocycles. The van der Waals surface area contributed by atoms with E-state index in [0.29, 0.717) is 6.54 Å². The minimum Gasteiger partial charge on any atom is -0.480 e. The largest absolute Gasteiger partial charge is 0.480 e. The molecule has 0 spiro atoms. The molecule has 0 unspecified atom stereocenters. The topological polar surface area (TPSA) is 136 Å². The van der Waals surface area contributed by atoms with Gasteiger partial charge < -0.3 is 21.9 Å². The van der Waals surface area contributed by atoms with Crippen LogP contribution in [0.3, 0.4) is 0 Å². The van der Waals surface area contributed by atoms with Crippen LogP contribution >= 0.6 is 0 Å². The zero-order chi connectivity index (χ0) is 15.9. The van der Waals surface area contributed by atoms with E-state index in [2.05, 4.69) is 5.32 Å². The van der Waals surface area contributed by atoms with Gasteiger partial charge in [0.15, 0.2) is 0 Å². The van der Waals surface area contributed by atoms with Crippen molar-refractivity contribution in [3.05, 3.63) is 0 Å². The third-order valence-corrected chi connectivity index (χ3v) is 4.20. The first kappa shape index (κ1) is 17.4. The molecule has 0 bridgehead atoms. The summed E-state index contributed by atoms with van der Waals surface area (Å²) in [5.41, 5.74) is 10.6. The molecule has 6 N–H and O–H groups in total. The molecule has 0 saturated heterocycles. The summed E-state index contributed by atoms with van der Waals surface area (Å²) >= 11 is 0. The van der Waals surface area contributed by atoms with Crippen LogP contribution in [0.2, 0.25) is 0 Å². The molecule has 120 valence electrons. The molecule has 1 rings (SSSR count). The van der Waals surface area contributed by atoms with Crippen molar-refractivity contribution in [1.82, 2.24) is 5.32 Å². The fraction of sp³-hybridized carbons (Fsp3) is 0.786. The van der Waals surface area contributed by atoms with Crippen LogP contribution in [0.15, 0.2) is 0 Å². The minimum atomic E-state index is -1.16. The molecule has 0 heterocycles. The number of rotatable bonds is 8. The number of primary amides is 1. The van der Waals surface area contributed by atoms with Gasteiger partial charge in [-0.25, -0.2) is 4.79 Å². The van der Waals surface area contributed by atoms with Crippen molar-refractivity contribution in [3.63, 3.8) is 0 Å². The molecule has 0 aromatic heterocycles. The zero-order valence-electron chi connectivity index (χ0n) is 12.3. The second kappa shape index (κ2) is 7.97. The number of carboxylic acids is 1. The van der Waals surface area contributed by atoms with E-state index in [1.54, 1.807) is 0 Å². The minimum absolute atomic E-state index is 0.00598. The molecule has 1 aliphatic rings. The van der Waals surface area contributed by atoms with Crippen LogP contribution in [0.1, 0.15) is 51.4 Å². The summed E-state index contributed by atoms with van der Waals surface area (Å²) in [4.78, 5) is 33.9.